The number of rotatable bonds is 4. The van der Waals surface area contributed by atoms with Gasteiger partial charge in [-0.2, -0.15) is 5.10 Å². The number of phenols is 1. The molecule has 0 saturated carbocycles. The first kappa shape index (κ1) is 17.5. The van der Waals surface area contributed by atoms with Gasteiger partial charge >= 0.3 is 0 Å². The molecule has 0 aliphatic rings. The van der Waals surface area contributed by atoms with Crippen molar-refractivity contribution in [2.45, 2.75) is 0 Å². The lowest BCUT2D eigenvalue weighted by molar-refractivity contribution is 0.0959. The Labute approximate surface area is 157 Å². The van der Waals surface area contributed by atoms with Crippen molar-refractivity contribution in [2.24, 2.45) is 5.10 Å². The molecule has 128 valence electrons. The number of fused-ring (bicyclic) bond motifs is 1. The van der Waals surface area contributed by atoms with Crippen molar-refractivity contribution < 1.29 is 14.6 Å². The zero-order valence-corrected chi connectivity index (χ0v) is 15.2. The fraction of sp³-hybridized carbons (Fsp3) is 0.0588. The van der Waals surface area contributed by atoms with Crippen LogP contribution in [-0.2, 0) is 0 Å². The average Bonchev–Trinajstić information content (AvgIpc) is 2.94. The Morgan fingerprint density at radius 2 is 2.12 bits per heavy atom. The minimum absolute atomic E-state index is 0.0256. The van der Waals surface area contributed by atoms with E-state index < -0.39 is 5.91 Å². The minimum atomic E-state index is -0.427. The van der Waals surface area contributed by atoms with Gasteiger partial charge < -0.3 is 9.84 Å². The van der Waals surface area contributed by atoms with Crippen LogP contribution in [0.4, 0.5) is 0 Å². The molecular formula is C17H12Cl2N2O3S. The molecule has 2 N–H and O–H groups in total. The van der Waals surface area contributed by atoms with Crippen LogP contribution in [0, 0.1) is 0 Å². The third-order valence-electron chi connectivity index (χ3n) is 3.40. The van der Waals surface area contributed by atoms with Gasteiger partial charge in [-0.25, -0.2) is 5.43 Å². The number of hydrogen-bond acceptors (Lipinski definition) is 5. The van der Waals surface area contributed by atoms with Gasteiger partial charge in [0.1, 0.15) is 4.88 Å². The van der Waals surface area contributed by atoms with Gasteiger partial charge in [-0.05, 0) is 35.9 Å². The topological polar surface area (TPSA) is 70.9 Å². The quantitative estimate of drug-likeness (QED) is 0.498. The summed E-state index contributed by atoms with van der Waals surface area (Å²) in [5.74, 6) is -0.0839. The number of nitrogens with zero attached hydrogens (tertiary/aromatic N) is 1. The number of aromatic hydroxyl groups is 1. The molecule has 0 radical (unpaired) electrons. The Hall–Kier alpha value is -2.28. The van der Waals surface area contributed by atoms with Crippen molar-refractivity contribution in [1.29, 1.82) is 0 Å². The third-order valence-corrected chi connectivity index (χ3v) is 5.35. The molecule has 0 bridgehead atoms. The predicted octanol–water partition coefficient (Wildman–Crippen LogP) is 4.69. The van der Waals surface area contributed by atoms with Crippen molar-refractivity contribution in [3.63, 3.8) is 0 Å². The highest BCUT2D eigenvalue weighted by Gasteiger charge is 2.18. The molecule has 5 nitrogen and oxygen atoms in total. The normalized spacial score (nSPS) is 11.2. The maximum absolute atomic E-state index is 12.3. The lowest BCUT2D eigenvalue weighted by atomic mass is 10.2. The van der Waals surface area contributed by atoms with E-state index in [1.807, 2.05) is 6.07 Å². The molecule has 1 amide bonds. The predicted molar refractivity (Wildman–Crippen MR) is 102 cm³/mol. The second-order valence-electron chi connectivity index (χ2n) is 4.99. The summed E-state index contributed by atoms with van der Waals surface area (Å²) >= 11 is 13.7. The lowest BCUT2D eigenvalue weighted by Gasteiger charge is -2.03. The number of ether oxygens (including phenoxy) is 1. The number of hydrogen-bond donors (Lipinski definition) is 2. The molecule has 1 aromatic heterocycles. The number of halogens is 2. The Kier molecular flexibility index (Phi) is 5.13. The molecule has 3 aromatic rings. The largest absolute Gasteiger partial charge is 0.504 e. The number of carbonyl (C=O) groups is 1. The van der Waals surface area contributed by atoms with Gasteiger partial charge in [-0.1, -0.05) is 29.3 Å². The van der Waals surface area contributed by atoms with Gasteiger partial charge in [0, 0.05) is 10.1 Å². The van der Waals surface area contributed by atoms with Crippen LogP contribution in [0.15, 0.2) is 41.5 Å². The van der Waals surface area contributed by atoms with E-state index in [4.69, 9.17) is 27.9 Å². The zero-order chi connectivity index (χ0) is 18.0. The molecule has 0 aliphatic carbocycles. The van der Waals surface area contributed by atoms with E-state index in [1.165, 1.54) is 30.7 Å². The third kappa shape index (κ3) is 3.56. The van der Waals surface area contributed by atoms with Crippen LogP contribution in [0.1, 0.15) is 15.2 Å². The van der Waals surface area contributed by atoms with Crippen molar-refractivity contribution in [2.75, 3.05) is 7.11 Å². The Morgan fingerprint density at radius 1 is 1.32 bits per heavy atom. The molecule has 8 heteroatoms. The van der Waals surface area contributed by atoms with Crippen molar-refractivity contribution in [1.82, 2.24) is 5.43 Å². The summed E-state index contributed by atoms with van der Waals surface area (Å²) in [7, 11) is 1.45. The van der Waals surface area contributed by atoms with Crippen LogP contribution >= 0.6 is 34.5 Å². The summed E-state index contributed by atoms with van der Waals surface area (Å²) in [4.78, 5) is 12.6. The Morgan fingerprint density at radius 3 is 2.84 bits per heavy atom. The van der Waals surface area contributed by atoms with Crippen molar-refractivity contribution in [3.05, 3.63) is 56.9 Å². The molecule has 25 heavy (non-hydrogen) atoms. The number of thiophene rings is 1. The van der Waals surface area contributed by atoms with E-state index in [1.54, 1.807) is 24.3 Å². The first-order chi connectivity index (χ1) is 12.0. The molecule has 0 saturated heterocycles. The second kappa shape index (κ2) is 7.31. The maximum Gasteiger partial charge on any atom is 0.283 e. The van der Waals surface area contributed by atoms with Crippen molar-refractivity contribution >= 4 is 56.7 Å². The zero-order valence-electron chi connectivity index (χ0n) is 12.9. The summed E-state index contributed by atoms with van der Waals surface area (Å²) < 4.78 is 5.84. The molecule has 2 aromatic carbocycles. The fourth-order valence-electron chi connectivity index (χ4n) is 2.21. The number of nitrogens with one attached hydrogen (secondary N) is 1. The number of amides is 1. The molecule has 0 spiro atoms. The van der Waals surface area contributed by atoms with Crippen LogP contribution < -0.4 is 10.2 Å². The molecule has 3 rings (SSSR count). The van der Waals surface area contributed by atoms with E-state index >= 15 is 0 Å². The fourth-order valence-corrected chi connectivity index (χ4v) is 4.05. The van der Waals surface area contributed by atoms with Crippen LogP contribution in [0.25, 0.3) is 10.1 Å². The monoisotopic (exact) mass is 394 g/mol. The van der Waals surface area contributed by atoms with E-state index in [9.17, 15) is 9.90 Å². The number of phenolic OH excluding ortho intramolecular Hbond substituents is 1. The summed E-state index contributed by atoms with van der Waals surface area (Å²) in [5, 5.41) is 14.9. The Balaban J connectivity index is 1.79. The van der Waals surface area contributed by atoms with Gasteiger partial charge in [0.2, 0.25) is 0 Å². The summed E-state index contributed by atoms with van der Waals surface area (Å²) in [6.07, 6.45) is 1.44. The van der Waals surface area contributed by atoms with E-state index in [-0.39, 0.29) is 5.75 Å². The number of hydrazone groups is 1. The van der Waals surface area contributed by atoms with Crippen LogP contribution in [-0.4, -0.2) is 24.3 Å². The summed E-state index contributed by atoms with van der Waals surface area (Å²) in [5.41, 5.74) is 3.08. The average molecular weight is 395 g/mol. The van der Waals surface area contributed by atoms with Gasteiger partial charge in [0.25, 0.3) is 5.91 Å². The highest BCUT2D eigenvalue weighted by molar-refractivity contribution is 7.21. The molecule has 0 atom stereocenters. The number of benzene rings is 2. The smallest absolute Gasteiger partial charge is 0.283 e. The molecule has 1 heterocycles. The molecule has 0 aliphatic heterocycles. The van der Waals surface area contributed by atoms with Gasteiger partial charge in [-0.3, -0.25) is 4.79 Å². The number of methoxy groups -OCH3 is 1. The first-order valence-electron chi connectivity index (χ1n) is 7.08. The van der Waals surface area contributed by atoms with E-state index in [0.29, 0.717) is 31.6 Å². The van der Waals surface area contributed by atoms with E-state index in [2.05, 4.69) is 10.5 Å². The Bertz CT molecular complexity index is 985. The second-order valence-corrected chi connectivity index (χ2v) is 6.83. The highest BCUT2D eigenvalue weighted by Crippen LogP contribution is 2.39. The van der Waals surface area contributed by atoms with Crippen molar-refractivity contribution in [3.8, 4) is 11.5 Å². The lowest BCUT2D eigenvalue weighted by Crippen LogP contribution is -2.16. The van der Waals surface area contributed by atoms with Gasteiger partial charge in [0.15, 0.2) is 11.5 Å². The standard InChI is InChI=1S/C17H12Cl2N2O3S/c1-24-12-7-9(5-6-11(12)22)8-20-21-17(23)16-15(19)14-10(18)3-2-4-13(14)25-16/h2-8,22H,1H3,(H,21,23). The summed E-state index contributed by atoms with van der Waals surface area (Å²) in [6.45, 7) is 0. The number of carbonyl (C=O) groups excluding carboxylic acids is 1. The molecular weight excluding hydrogens is 383 g/mol. The van der Waals surface area contributed by atoms with Crippen LogP contribution in [0.5, 0.6) is 11.5 Å². The SMILES string of the molecule is COc1cc(C=NNC(=O)c2sc3cccc(Cl)c3c2Cl)ccc1O. The maximum atomic E-state index is 12.3. The molecule has 0 fully saturated rings. The molecule has 0 unspecified atom stereocenters. The van der Waals surface area contributed by atoms with Crippen LogP contribution in [0.3, 0.4) is 0 Å². The highest BCUT2D eigenvalue weighted by atomic mass is 35.5. The first-order valence-corrected chi connectivity index (χ1v) is 8.65. The summed E-state index contributed by atoms with van der Waals surface area (Å²) in [6, 6.07) is 10.1. The van der Waals surface area contributed by atoms with E-state index in [0.717, 1.165) is 4.70 Å². The van der Waals surface area contributed by atoms with Gasteiger partial charge in [0.05, 0.1) is 23.4 Å². The van der Waals surface area contributed by atoms with Crippen LogP contribution in [0.2, 0.25) is 10.0 Å². The van der Waals surface area contributed by atoms with Gasteiger partial charge in [-0.15, -0.1) is 11.3 Å². The minimum Gasteiger partial charge on any atom is -0.504 e.